The van der Waals surface area contributed by atoms with Gasteiger partial charge in [-0.25, -0.2) is 4.79 Å². The highest BCUT2D eigenvalue weighted by molar-refractivity contribution is 5.92. The van der Waals surface area contributed by atoms with Gasteiger partial charge in [0.05, 0.1) is 0 Å². The minimum Gasteiger partial charge on any atom is -0.478 e. The molecule has 6 heteroatoms. The number of piperidine rings is 1. The van der Waals surface area contributed by atoms with Crippen LogP contribution in [0.15, 0.2) is 36.5 Å². The number of aryl methyl sites for hydroxylation is 2. The fourth-order valence-electron chi connectivity index (χ4n) is 3.90. The molecular weight excluding hydrogens is 332 g/mol. The molecule has 2 aromatic rings. The molecule has 1 aliphatic carbocycles. The van der Waals surface area contributed by atoms with E-state index < -0.39 is 11.6 Å². The minimum atomic E-state index is -1.28. The van der Waals surface area contributed by atoms with Crippen molar-refractivity contribution in [2.75, 3.05) is 13.1 Å². The molecule has 0 unspecified atom stereocenters. The van der Waals surface area contributed by atoms with Crippen LogP contribution in [0, 0.1) is 0 Å². The second-order valence-corrected chi connectivity index (χ2v) is 7.06. The number of fused-ring (bicyclic) bond motifs is 1. The van der Waals surface area contributed by atoms with Crippen molar-refractivity contribution in [1.29, 1.82) is 0 Å². The number of hydrogen-bond acceptors (Lipinski definition) is 3. The second kappa shape index (κ2) is 6.52. The molecule has 1 aromatic heterocycles. The van der Waals surface area contributed by atoms with E-state index in [9.17, 15) is 14.7 Å². The van der Waals surface area contributed by atoms with Crippen LogP contribution in [-0.4, -0.2) is 45.6 Å². The first-order valence-corrected chi connectivity index (χ1v) is 9.04. The summed E-state index contributed by atoms with van der Waals surface area (Å²) in [7, 11) is 0. The van der Waals surface area contributed by atoms with Gasteiger partial charge in [-0.3, -0.25) is 4.79 Å². The van der Waals surface area contributed by atoms with E-state index in [-0.39, 0.29) is 18.7 Å². The number of ether oxygens (including phenoxy) is 1. The van der Waals surface area contributed by atoms with E-state index in [2.05, 4.69) is 4.98 Å². The lowest BCUT2D eigenvalue weighted by atomic mass is 9.90. The number of nitrogens with zero attached hydrogens (tertiary/aromatic N) is 1. The van der Waals surface area contributed by atoms with E-state index in [0.717, 1.165) is 19.3 Å². The third-order valence-corrected chi connectivity index (χ3v) is 5.46. The summed E-state index contributed by atoms with van der Waals surface area (Å²) in [5.41, 5.74) is 1.82. The number of aromatic amines is 1. The zero-order valence-electron chi connectivity index (χ0n) is 14.5. The number of aromatic nitrogens is 1. The number of carbonyl (C=O) groups excluding carboxylic acids is 1. The number of H-pyrrole nitrogens is 1. The molecule has 6 nitrogen and oxygen atoms in total. The van der Waals surface area contributed by atoms with Crippen molar-refractivity contribution in [1.82, 2.24) is 9.88 Å². The lowest BCUT2D eigenvalue weighted by Gasteiger charge is -2.38. The van der Waals surface area contributed by atoms with Crippen LogP contribution in [0.4, 0.5) is 0 Å². The summed E-state index contributed by atoms with van der Waals surface area (Å²) in [6, 6.07) is 9.38. The SMILES string of the molecule is O=C(c1ccc[nH]1)N1CCC(Oc2ccc3c(c2)CCC3)(C(=O)O)CC1. The van der Waals surface area contributed by atoms with Crippen molar-refractivity contribution in [3.63, 3.8) is 0 Å². The highest BCUT2D eigenvalue weighted by Crippen LogP contribution is 2.32. The average molecular weight is 354 g/mol. The molecule has 0 radical (unpaired) electrons. The van der Waals surface area contributed by atoms with Crippen LogP contribution < -0.4 is 4.74 Å². The van der Waals surface area contributed by atoms with Crippen molar-refractivity contribution in [2.24, 2.45) is 0 Å². The first-order valence-electron chi connectivity index (χ1n) is 9.04. The number of amides is 1. The van der Waals surface area contributed by atoms with Gasteiger partial charge in [0, 0.05) is 32.1 Å². The molecule has 0 atom stereocenters. The number of carboxylic acid groups (broad SMARTS) is 1. The van der Waals surface area contributed by atoms with E-state index in [1.807, 2.05) is 18.2 Å². The Labute approximate surface area is 151 Å². The third-order valence-electron chi connectivity index (χ3n) is 5.46. The molecule has 0 saturated carbocycles. The van der Waals surface area contributed by atoms with Crippen LogP contribution in [0.2, 0.25) is 0 Å². The van der Waals surface area contributed by atoms with Gasteiger partial charge in [-0.2, -0.15) is 0 Å². The number of aliphatic carboxylic acids is 1. The summed E-state index contributed by atoms with van der Waals surface area (Å²) >= 11 is 0. The normalized spacial score (nSPS) is 18.4. The topological polar surface area (TPSA) is 82.6 Å². The van der Waals surface area contributed by atoms with E-state index >= 15 is 0 Å². The van der Waals surface area contributed by atoms with Crippen molar-refractivity contribution < 1.29 is 19.4 Å². The molecule has 2 N–H and O–H groups in total. The number of likely N-dealkylation sites (tertiary alicyclic amines) is 1. The summed E-state index contributed by atoms with van der Waals surface area (Å²) < 4.78 is 6.00. The molecule has 136 valence electrons. The predicted octanol–water partition coefficient (Wildman–Crippen LogP) is 2.64. The maximum Gasteiger partial charge on any atom is 0.348 e. The van der Waals surface area contributed by atoms with E-state index in [4.69, 9.17) is 4.74 Å². The van der Waals surface area contributed by atoms with Crippen LogP contribution in [0.3, 0.4) is 0 Å². The molecule has 1 fully saturated rings. The minimum absolute atomic E-state index is 0.105. The van der Waals surface area contributed by atoms with Crippen LogP contribution in [0.5, 0.6) is 5.75 Å². The van der Waals surface area contributed by atoms with Gasteiger partial charge in [-0.05, 0) is 54.7 Å². The van der Waals surface area contributed by atoms with Gasteiger partial charge < -0.3 is 19.7 Å². The summed E-state index contributed by atoms with van der Waals surface area (Å²) in [4.78, 5) is 29.0. The Bertz CT molecular complexity index is 820. The molecule has 0 bridgehead atoms. The summed E-state index contributed by atoms with van der Waals surface area (Å²) in [6.45, 7) is 0.712. The van der Waals surface area contributed by atoms with E-state index in [0.29, 0.717) is 24.5 Å². The van der Waals surface area contributed by atoms with Crippen LogP contribution >= 0.6 is 0 Å². The van der Waals surface area contributed by atoms with Gasteiger partial charge in [0.15, 0.2) is 0 Å². The van der Waals surface area contributed by atoms with Crippen LogP contribution in [-0.2, 0) is 17.6 Å². The maximum absolute atomic E-state index is 12.4. The first-order chi connectivity index (χ1) is 12.6. The lowest BCUT2D eigenvalue weighted by molar-refractivity contribution is -0.159. The number of benzene rings is 1. The van der Waals surface area contributed by atoms with Gasteiger partial charge in [-0.1, -0.05) is 6.07 Å². The highest BCUT2D eigenvalue weighted by atomic mass is 16.5. The van der Waals surface area contributed by atoms with Crippen molar-refractivity contribution >= 4 is 11.9 Å². The zero-order valence-corrected chi connectivity index (χ0v) is 14.5. The molecule has 26 heavy (non-hydrogen) atoms. The molecule has 1 amide bonds. The van der Waals surface area contributed by atoms with E-state index in [1.54, 1.807) is 23.2 Å². The van der Waals surface area contributed by atoms with Crippen LogP contribution in [0.25, 0.3) is 0 Å². The molecule has 0 spiro atoms. The Kier molecular flexibility index (Phi) is 4.18. The largest absolute Gasteiger partial charge is 0.478 e. The van der Waals surface area contributed by atoms with Gasteiger partial charge in [-0.15, -0.1) is 0 Å². The number of hydrogen-bond donors (Lipinski definition) is 2. The van der Waals surface area contributed by atoms with Crippen molar-refractivity contribution in [3.05, 3.63) is 53.3 Å². The molecule has 1 saturated heterocycles. The fraction of sp³-hybridized carbons (Fsp3) is 0.400. The standard InChI is InChI=1S/C20H22N2O4/c23-18(17-5-2-10-21-17)22-11-8-20(9-12-22,19(24)25)26-16-7-6-14-3-1-4-15(14)13-16/h2,5-7,10,13,21H,1,3-4,8-9,11-12H2,(H,24,25). The summed E-state index contributed by atoms with van der Waals surface area (Å²) in [6.07, 6.45) is 5.48. The van der Waals surface area contributed by atoms with Crippen LogP contribution in [0.1, 0.15) is 40.9 Å². The predicted molar refractivity (Wildman–Crippen MR) is 95.4 cm³/mol. The molecular formula is C20H22N2O4. The molecule has 1 aliphatic heterocycles. The number of nitrogens with one attached hydrogen (secondary N) is 1. The highest BCUT2D eigenvalue weighted by Gasteiger charge is 2.45. The smallest absolute Gasteiger partial charge is 0.348 e. The Morgan fingerprint density at radius 1 is 1.12 bits per heavy atom. The van der Waals surface area contributed by atoms with Crippen molar-refractivity contribution in [2.45, 2.75) is 37.7 Å². The van der Waals surface area contributed by atoms with Gasteiger partial charge in [0.1, 0.15) is 11.4 Å². The quantitative estimate of drug-likeness (QED) is 0.884. The maximum atomic E-state index is 12.4. The fourth-order valence-corrected chi connectivity index (χ4v) is 3.90. The van der Waals surface area contributed by atoms with Gasteiger partial charge in [0.2, 0.25) is 5.60 Å². The molecule has 2 heterocycles. The summed E-state index contributed by atoms with van der Waals surface area (Å²) in [5.74, 6) is -0.464. The first kappa shape index (κ1) is 16.7. The monoisotopic (exact) mass is 354 g/mol. The molecule has 4 rings (SSSR count). The Hall–Kier alpha value is -2.76. The van der Waals surface area contributed by atoms with Gasteiger partial charge in [0.25, 0.3) is 5.91 Å². The number of carboxylic acids is 1. The molecule has 2 aliphatic rings. The zero-order chi connectivity index (χ0) is 18.1. The Morgan fingerprint density at radius 3 is 2.58 bits per heavy atom. The lowest BCUT2D eigenvalue weighted by Crippen LogP contribution is -2.54. The molecule has 1 aromatic carbocycles. The Balaban J connectivity index is 1.48. The number of rotatable bonds is 4. The second-order valence-electron chi connectivity index (χ2n) is 7.06. The Morgan fingerprint density at radius 2 is 1.88 bits per heavy atom. The van der Waals surface area contributed by atoms with Crippen molar-refractivity contribution in [3.8, 4) is 5.75 Å². The summed E-state index contributed by atoms with van der Waals surface area (Å²) in [5, 5.41) is 9.82. The van der Waals surface area contributed by atoms with Gasteiger partial charge >= 0.3 is 5.97 Å². The third kappa shape index (κ3) is 2.96. The van der Waals surface area contributed by atoms with E-state index in [1.165, 1.54) is 11.1 Å². The number of carbonyl (C=O) groups is 2. The average Bonchev–Trinajstić information content (AvgIpc) is 3.33.